The Morgan fingerprint density at radius 3 is 2.83 bits per heavy atom. The molecule has 4 heteroatoms. The summed E-state index contributed by atoms with van der Waals surface area (Å²) < 4.78 is 0. The number of anilines is 1. The van der Waals surface area contributed by atoms with Gasteiger partial charge in [0.05, 0.1) is 6.61 Å². The number of hydrogen-bond donors (Lipinski definition) is 3. The first-order valence-corrected chi connectivity index (χ1v) is 3.80. The van der Waals surface area contributed by atoms with Gasteiger partial charge < -0.3 is 16.6 Å². The first kappa shape index (κ1) is 8.96. The minimum absolute atomic E-state index is 0.0313. The van der Waals surface area contributed by atoms with E-state index in [9.17, 15) is 0 Å². The molecule has 0 bridgehead atoms. The zero-order chi connectivity index (χ0) is 8.97. The minimum Gasteiger partial charge on any atom is -0.395 e. The van der Waals surface area contributed by atoms with Crippen LogP contribution in [0.5, 0.6) is 0 Å². The van der Waals surface area contributed by atoms with Gasteiger partial charge in [0, 0.05) is 18.2 Å². The quantitative estimate of drug-likeness (QED) is 0.568. The van der Waals surface area contributed by atoms with Crippen LogP contribution in [0.3, 0.4) is 0 Å². The van der Waals surface area contributed by atoms with Crippen molar-refractivity contribution in [3.63, 3.8) is 0 Å². The molecule has 0 amide bonds. The topological polar surface area (TPSA) is 85.2 Å². The molecule has 1 aromatic rings. The molecule has 0 aliphatic heterocycles. The molecule has 1 atom stereocenters. The maximum absolute atomic E-state index is 8.68. The van der Waals surface area contributed by atoms with Crippen LogP contribution in [0.25, 0.3) is 0 Å². The van der Waals surface area contributed by atoms with Gasteiger partial charge in [0.15, 0.2) is 0 Å². The van der Waals surface area contributed by atoms with Crippen molar-refractivity contribution in [3.05, 3.63) is 23.9 Å². The first-order chi connectivity index (χ1) is 5.72. The highest BCUT2D eigenvalue weighted by Crippen LogP contribution is 2.02. The highest BCUT2D eigenvalue weighted by Gasteiger charge is 2.02. The molecule has 4 nitrogen and oxygen atoms in total. The van der Waals surface area contributed by atoms with Gasteiger partial charge in [0.1, 0.15) is 5.82 Å². The van der Waals surface area contributed by atoms with Crippen LogP contribution in [-0.2, 0) is 6.42 Å². The Morgan fingerprint density at radius 1 is 1.50 bits per heavy atom. The van der Waals surface area contributed by atoms with Crippen molar-refractivity contribution < 1.29 is 5.11 Å². The Bertz CT molecular complexity index is 252. The number of nitrogens with two attached hydrogens (primary N) is 2. The van der Waals surface area contributed by atoms with E-state index in [1.165, 1.54) is 0 Å². The number of rotatable bonds is 3. The molecular formula is C8H13N3O. The van der Waals surface area contributed by atoms with Gasteiger partial charge in [0.2, 0.25) is 0 Å². The van der Waals surface area contributed by atoms with E-state index in [2.05, 4.69) is 4.98 Å². The number of pyridine rings is 1. The molecule has 66 valence electrons. The van der Waals surface area contributed by atoms with Crippen LogP contribution < -0.4 is 11.5 Å². The number of nitrogens with zero attached hydrogens (tertiary/aromatic N) is 1. The van der Waals surface area contributed by atoms with Crippen molar-refractivity contribution in [2.45, 2.75) is 12.5 Å². The average Bonchev–Trinajstić information content (AvgIpc) is 2.04. The maximum atomic E-state index is 8.68. The lowest BCUT2D eigenvalue weighted by molar-refractivity contribution is 0.264. The summed E-state index contributed by atoms with van der Waals surface area (Å²) in [6.45, 7) is -0.0313. The fourth-order valence-corrected chi connectivity index (χ4v) is 0.945. The van der Waals surface area contributed by atoms with Crippen LogP contribution in [0.1, 0.15) is 5.69 Å². The van der Waals surface area contributed by atoms with Crippen LogP contribution in [0, 0.1) is 0 Å². The summed E-state index contributed by atoms with van der Waals surface area (Å²) in [6, 6.07) is 5.13. The van der Waals surface area contributed by atoms with Crippen LogP contribution in [0.15, 0.2) is 18.2 Å². The SMILES string of the molecule is Nc1cccc(C[C@@H](N)CO)n1. The molecule has 1 heterocycles. The van der Waals surface area contributed by atoms with E-state index in [-0.39, 0.29) is 12.6 Å². The Morgan fingerprint density at radius 2 is 2.25 bits per heavy atom. The Balaban J connectivity index is 2.63. The lowest BCUT2D eigenvalue weighted by atomic mass is 10.1. The molecule has 1 aromatic heterocycles. The predicted octanol–water partition coefficient (Wildman–Crippen LogP) is -0.474. The van der Waals surface area contributed by atoms with Crippen molar-refractivity contribution >= 4 is 5.82 Å². The fourth-order valence-electron chi connectivity index (χ4n) is 0.945. The number of hydrogen-bond acceptors (Lipinski definition) is 4. The van der Waals surface area contributed by atoms with Gasteiger partial charge >= 0.3 is 0 Å². The molecule has 0 spiro atoms. The lowest BCUT2D eigenvalue weighted by Crippen LogP contribution is -2.27. The van der Waals surface area contributed by atoms with E-state index in [4.69, 9.17) is 16.6 Å². The van der Waals surface area contributed by atoms with Crippen molar-refractivity contribution in [2.75, 3.05) is 12.3 Å². The van der Waals surface area contributed by atoms with Crippen LogP contribution in [0.2, 0.25) is 0 Å². The molecule has 0 unspecified atom stereocenters. The zero-order valence-electron chi connectivity index (χ0n) is 6.77. The van der Waals surface area contributed by atoms with E-state index in [1.54, 1.807) is 6.07 Å². The maximum Gasteiger partial charge on any atom is 0.123 e. The third-order valence-electron chi connectivity index (χ3n) is 1.53. The first-order valence-electron chi connectivity index (χ1n) is 3.80. The summed E-state index contributed by atoms with van der Waals surface area (Å²) in [5.74, 6) is 0.484. The van der Waals surface area contributed by atoms with Crippen LogP contribution >= 0.6 is 0 Å². The van der Waals surface area contributed by atoms with Crippen LogP contribution in [-0.4, -0.2) is 22.7 Å². The minimum atomic E-state index is -0.251. The van der Waals surface area contributed by atoms with Gasteiger partial charge in [-0.15, -0.1) is 0 Å². The van der Waals surface area contributed by atoms with Gasteiger partial charge in [-0.3, -0.25) is 0 Å². The van der Waals surface area contributed by atoms with Crippen molar-refractivity contribution in [1.29, 1.82) is 0 Å². The summed E-state index contributed by atoms with van der Waals surface area (Å²) in [5.41, 5.74) is 11.8. The molecule has 5 N–H and O–H groups in total. The molecule has 12 heavy (non-hydrogen) atoms. The summed E-state index contributed by atoms with van der Waals surface area (Å²) in [6.07, 6.45) is 0.557. The number of aliphatic hydroxyl groups is 1. The molecule has 0 aromatic carbocycles. The summed E-state index contributed by atoms with van der Waals surface area (Å²) >= 11 is 0. The normalized spacial score (nSPS) is 12.8. The molecule has 0 radical (unpaired) electrons. The van der Waals surface area contributed by atoms with E-state index >= 15 is 0 Å². The molecule has 0 saturated heterocycles. The second kappa shape index (κ2) is 4.04. The number of aromatic nitrogens is 1. The lowest BCUT2D eigenvalue weighted by Gasteiger charge is -2.06. The Hall–Kier alpha value is -1.13. The van der Waals surface area contributed by atoms with Gasteiger partial charge in [0.25, 0.3) is 0 Å². The van der Waals surface area contributed by atoms with E-state index in [1.807, 2.05) is 12.1 Å². The molecule has 0 saturated carbocycles. The molecule has 0 aliphatic carbocycles. The van der Waals surface area contributed by atoms with Crippen LogP contribution in [0.4, 0.5) is 5.82 Å². The molecule has 0 fully saturated rings. The average molecular weight is 167 g/mol. The summed E-state index contributed by atoms with van der Waals surface area (Å²) in [5, 5.41) is 8.68. The summed E-state index contributed by atoms with van der Waals surface area (Å²) in [7, 11) is 0. The van der Waals surface area contributed by atoms with Gasteiger partial charge in [-0.05, 0) is 12.1 Å². The highest BCUT2D eigenvalue weighted by atomic mass is 16.3. The van der Waals surface area contributed by atoms with Gasteiger partial charge in [-0.1, -0.05) is 6.07 Å². The Labute approximate surface area is 71.2 Å². The van der Waals surface area contributed by atoms with E-state index < -0.39 is 0 Å². The molecule has 0 aliphatic rings. The van der Waals surface area contributed by atoms with Crippen molar-refractivity contribution in [1.82, 2.24) is 4.98 Å². The summed E-state index contributed by atoms with van der Waals surface area (Å²) in [4.78, 5) is 4.05. The molecule has 1 rings (SSSR count). The highest BCUT2D eigenvalue weighted by molar-refractivity contribution is 5.28. The number of nitrogen functional groups attached to an aromatic ring is 1. The second-order valence-electron chi connectivity index (χ2n) is 2.70. The number of aliphatic hydroxyl groups excluding tert-OH is 1. The predicted molar refractivity (Wildman–Crippen MR) is 47.4 cm³/mol. The van der Waals surface area contributed by atoms with Gasteiger partial charge in [-0.2, -0.15) is 0 Å². The smallest absolute Gasteiger partial charge is 0.123 e. The zero-order valence-corrected chi connectivity index (χ0v) is 6.77. The van der Waals surface area contributed by atoms with Crippen molar-refractivity contribution in [3.8, 4) is 0 Å². The second-order valence-corrected chi connectivity index (χ2v) is 2.70. The fraction of sp³-hybridized carbons (Fsp3) is 0.375. The molecular weight excluding hydrogens is 154 g/mol. The Kier molecular flexibility index (Phi) is 3.01. The van der Waals surface area contributed by atoms with Crippen molar-refractivity contribution in [2.24, 2.45) is 5.73 Å². The third kappa shape index (κ3) is 2.48. The third-order valence-corrected chi connectivity index (χ3v) is 1.53. The monoisotopic (exact) mass is 167 g/mol. The van der Waals surface area contributed by atoms with Gasteiger partial charge in [-0.25, -0.2) is 4.98 Å². The standard InChI is InChI=1S/C8H13N3O/c9-6(5-12)4-7-2-1-3-8(10)11-7/h1-3,6,12H,4-5,9H2,(H2,10,11)/t6-/m1/s1. The van der Waals surface area contributed by atoms with E-state index in [0.29, 0.717) is 12.2 Å². The van der Waals surface area contributed by atoms with E-state index in [0.717, 1.165) is 5.69 Å². The largest absolute Gasteiger partial charge is 0.395 e.